The number of aliphatic carboxylic acids is 1. The lowest BCUT2D eigenvalue weighted by molar-refractivity contribution is -0.139. The molecule has 0 aliphatic heterocycles. The zero-order valence-corrected chi connectivity index (χ0v) is 11.8. The number of carboxylic acid groups (broad SMARTS) is 1. The lowest BCUT2D eigenvalue weighted by atomic mass is 10.2. The minimum absolute atomic E-state index is 0.00187. The SMILES string of the molecule is CCS(=O)(=O)CCNC(=O)NC(CCOC)C(=O)O. The van der Waals surface area contributed by atoms with Gasteiger partial charge in [-0.1, -0.05) is 6.92 Å². The van der Waals surface area contributed by atoms with Crippen molar-refractivity contribution in [2.24, 2.45) is 0 Å². The Hall–Kier alpha value is -1.35. The maximum Gasteiger partial charge on any atom is 0.326 e. The molecule has 8 nitrogen and oxygen atoms in total. The summed E-state index contributed by atoms with van der Waals surface area (Å²) < 4.78 is 27.1. The van der Waals surface area contributed by atoms with E-state index in [9.17, 15) is 18.0 Å². The first-order chi connectivity index (χ1) is 8.82. The number of carbonyl (C=O) groups is 2. The third-order valence-corrected chi connectivity index (χ3v) is 4.06. The molecule has 112 valence electrons. The van der Waals surface area contributed by atoms with Gasteiger partial charge in [0, 0.05) is 32.4 Å². The Kier molecular flexibility index (Phi) is 8.08. The van der Waals surface area contributed by atoms with Crippen molar-refractivity contribution >= 4 is 21.8 Å². The van der Waals surface area contributed by atoms with Gasteiger partial charge in [0.2, 0.25) is 0 Å². The number of urea groups is 1. The van der Waals surface area contributed by atoms with E-state index >= 15 is 0 Å². The third-order valence-electron chi connectivity index (χ3n) is 2.35. The molecule has 0 aliphatic carbocycles. The monoisotopic (exact) mass is 296 g/mol. The Balaban J connectivity index is 4.10. The molecule has 1 unspecified atom stereocenters. The van der Waals surface area contributed by atoms with Crippen LogP contribution in [0.1, 0.15) is 13.3 Å². The largest absolute Gasteiger partial charge is 0.480 e. The van der Waals surface area contributed by atoms with Crippen LogP contribution in [0.2, 0.25) is 0 Å². The van der Waals surface area contributed by atoms with E-state index in [0.717, 1.165) is 0 Å². The van der Waals surface area contributed by atoms with Gasteiger partial charge in [-0.25, -0.2) is 18.0 Å². The number of hydrogen-bond acceptors (Lipinski definition) is 5. The van der Waals surface area contributed by atoms with E-state index in [-0.39, 0.29) is 31.1 Å². The number of carboxylic acids is 1. The maximum atomic E-state index is 11.4. The van der Waals surface area contributed by atoms with Crippen molar-refractivity contribution in [3.63, 3.8) is 0 Å². The van der Waals surface area contributed by atoms with Gasteiger partial charge in [0.25, 0.3) is 0 Å². The zero-order chi connectivity index (χ0) is 14.9. The average Bonchev–Trinajstić information content (AvgIpc) is 2.33. The third kappa shape index (κ3) is 8.38. The fraction of sp³-hybridized carbons (Fsp3) is 0.800. The number of rotatable bonds is 9. The quantitative estimate of drug-likeness (QED) is 0.512. The van der Waals surface area contributed by atoms with E-state index < -0.39 is 27.9 Å². The normalized spacial score (nSPS) is 12.7. The van der Waals surface area contributed by atoms with Gasteiger partial charge in [-0.15, -0.1) is 0 Å². The predicted molar refractivity (Wildman–Crippen MR) is 68.8 cm³/mol. The molecule has 0 aromatic carbocycles. The van der Waals surface area contributed by atoms with Gasteiger partial charge in [-0.2, -0.15) is 0 Å². The molecule has 1 atom stereocenters. The van der Waals surface area contributed by atoms with E-state index in [1.54, 1.807) is 0 Å². The second-order valence-electron chi connectivity index (χ2n) is 3.81. The zero-order valence-electron chi connectivity index (χ0n) is 11.0. The number of methoxy groups -OCH3 is 1. The number of amides is 2. The number of carbonyl (C=O) groups excluding carboxylic acids is 1. The van der Waals surface area contributed by atoms with Crippen LogP contribution in [0.15, 0.2) is 0 Å². The molecule has 0 bridgehead atoms. The molecule has 0 rings (SSSR count). The van der Waals surface area contributed by atoms with E-state index in [4.69, 9.17) is 9.84 Å². The highest BCUT2D eigenvalue weighted by Crippen LogP contribution is 1.93. The van der Waals surface area contributed by atoms with Crippen molar-refractivity contribution in [3.8, 4) is 0 Å². The second-order valence-corrected chi connectivity index (χ2v) is 6.28. The first-order valence-electron chi connectivity index (χ1n) is 5.79. The van der Waals surface area contributed by atoms with Crippen LogP contribution in [0.3, 0.4) is 0 Å². The van der Waals surface area contributed by atoms with Crippen molar-refractivity contribution in [1.82, 2.24) is 10.6 Å². The molecule has 0 saturated carbocycles. The molecule has 0 spiro atoms. The molecule has 2 amide bonds. The number of ether oxygens (including phenoxy) is 1. The van der Waals surface area contributed by atoms with E-state index in [1.807, 2.05) is 0 Å². The highest BCUT2D eigenvalue weighted by Gasteiger charge is 2.19. The smallest absolute Gasteiger partial charge is 0.326 e. The molecule has 19 heavy (non-hydrogen) atoms. The van der Waals surface area contributed by atoms with Gasteiger partial charge in [0.05, 0.1) is 5.75 Å². The summed E-state index contributed by atoms with van der Waals surface area (Å²) in [5.41, 5.74) is 0. The summed E-state index contributed by atoms with van der Waals surface area (Å²) in [7, 11) is -1.73. The first-order valence-corrected chi connectivity index (χ1v) is 7.61. The minimum Gasteiger partial charge on any atom is -0.480 e. The fourth-order valence-corrected chi connectivity index (χ4v) is 1.87. The van der Waals surface area contributed by atoms with E-state index in [1.165, 1.54) is 14.0 Å². The summed E-state index contributed by atoms with van der Waals surface area (Å²) in [6.07, 6.45) is 0.131. The van der Waals surface area contributed by atoms with Crippen LogP contribution < -0.4 is 10.6 Å². The van der Waals surface area contributed by atoms with Crippen molar-refractivity contribution in [2.45, 2.75) is 19.4 Å². The Bertz CT molecular complexity index is 395. The summed E-state index contributed by atoms with van der Waals surface area (Å²) in [5, 5.41) is 13.4. The molecule has 3 N–H and O–H groups in total. The van der Waals surface area contributed by atoms with E-state index in [0.29, 0.717) is 0 Å². The molecule has 0 saturated heterocycles. The maximum absolute atomic E-state index is 11.4. The highest BCUT2D eigenvalue weighted by molar-refractivity contribution is 7.91. The highest BCUT2D eigenvalue weighted by atomic mass is 32.2. The predicted octanol–water partition coefficient (Wildman–Crippen LogP) is -0.790. The number of sulfone groups is 1. The Labute approximate surface area is 112 Å². The van der Waals surface area contributed by atoms with Crippen molar-refractivity contribution in [3.05, 3.63) is 0 Å². The Morgan fingerprint density at radius 3 is 2.47 bits per heavy atom. The van der Waals surface area contributed by atoms with Crippen LogP contribution >= 0.6 is 0 Å². The Morgan fingerprint density at radius 1 is 1.37 bits per heavy atom. The van der Waals surface area contributed by atoms with Gasteiger partial charge < -0.3 is 20.5 Å². The molecule has 0 aliphatic rings. The number of hydrogen-bond donors (Lipinski definition) is 3. The molecular formula is C10H20N2O6S. The van der Waals surface area contributed by atoms with Crippen LogP contribution in [0.5, 0.6) is 0 Å². The van der Waals surface area contributed by atoms with Gasteiger partial charge in [-0.3, -0.25) is 0 Å². The van der Waals surface area contributed by atoms with Crippen LogP contribution in [-0.2, 0) is 19.4 Å². The molecular weight excluding hydrogens is 276 g/mol. The van der Waals surface area contributed by atoms with Gasteiger partial charge in [0.15, 0.2) is 9.84 Å². The van der Waals surface area contributed by atoms with Crippen molar-refractivity contribution in [1.29, 1.82) is 0 Å². The molecule has 0 aromatic heterocycles. The minimum atomic E-state index is -3.15. The standard InChI is InChI=1S/C10H20N2O6S/c1-3-19(16,17)7-5-11-10(15)12-8(9(13)14)4-6-18-2/h8H,3-7H2,1-2H3,(H,13,14)(H2,11,12,15). The summed E-state index contributed by atoms with van der Waals surface area (Å²) in [5.74, 6) is -1.34. The van der Waals surface area contributed by atoms with Gasteiger partial charge >= 0.3 is 12.0 Å². The number of nitrogens with one attached hydrogen (secondary N) is 2. The summed E-state index contributed by atoms with van der Waals surface area (Å²) in [4.78, 5) is 22.2. The summed E-state index contributed by atoms with van der Waals surface area (Å²) in [6, 6.07) is -1.78. The molecule has 0 aromatic rings. The van der Waals surface area contributed by atoms with Crippen LogP contribution in [0, 0.1) is 0 Å². The van der Waals surface area contributed by atoms with Crippen molar-refractivity contribution in [2.75, 3.05) is 31.8 Å². The molecule has 9 heteroatoms. The summed E-state index contributed by atoms with van der Waals surface area (Å²) in [6.45, 7) is 1.65. The van der Waals surface area contributed by atoms with Crippen LogP contribution in [-0.4, -0.2) is 63.3 Å². The average molecular weight is 296 g/mol. The second kappa shape index (κ2) is 8.70. The molecule has 0 heterocycles. The lowest BCUT2D eigenvalue weighted by Gasteiger charge is -2.14. The topological polar surface area (TPSA) is 122 Å². The molecule has 0 fully saturated rings. The molecule has 0 radical (unpaired) electrons. The summed E-state index contributed by atoms with van der Waals surface area (Å²) >= 11 is 0. The fourth-order valence-electron chi connectivity index (χ4n) is 1.17. The first kappa shape index (κ1) is 17.6. The van der Waals surface area contributed by atoms with Gasteiger partial charge in [0.1, 0.15) is 6.04 Å². The van der Waals surface area contributed by atoms with Crippen LogP contribution in [0.25, 0.3) is 0 Å². The van der Waals surface area contributed by atoms with Crippen molar-refractivity contribution < 1.29 is 27.9 Å². The van der Waals surface area contributed by atoms with Gasteiger partial charge in [-0.05, 0) is 0 Å². The van der Waals surface area contributed by atoms with Crippen LogP contribution in [0.4, 0.5) is 4.79 Å². The Morgan fingerprint density at radius 2 is 2.00 bits per heavy atom. The van der Waals surface area contributed by atoms with E-state index in [2.05, 4.69) is 10.6 Å². The lowest BCUT2D eigenvalue weighted by Crippen LogP contribution is -2.47.